The van der Waals surface area contributed by atoms with Crippen molar-refractivity contribution in [3.05, 3.63) is 0 Å². The summed E-state index contributed by atoms with van der Waals surface area (Å²) < 4.78 is 6.00. The monoisotopic (exact) mass is 239 g/mol. The predicted molar refractivity (Wildman–Crippen MR) is 72.1 cm³/mol. The van der Waals surface area contributed by atoms with E-state index in [9.17, 15) is 0 Å². The molecule has 0 aromatic carbocycles. The summed E-state index contributed by atoms with van der Waals surface area (Å²) in [5.74, 6) is 2.48. The average molecular weight is 239 g/mol. The van der Waals surface area contributed by atoms with Crippen LogP contribution in [0, 0.1) is 17.8 Å². The Balaban J connectivity index is 2.04. The Bertz CT molecular complexity index is 231. The maximum atomic E-state index is 6.00. The molecule has 2 rings (SSSR count). The van der Waals surface area contributed by atoms with Crippen LogP contribution >= 0.6 is 0 Å². The molecule has 2 fully saturated rings. The van der Waals surface area contributed by atoms with Gasteiger partial charge in [-0.05, 0) is 37.6 Å². The lowest BCUT2D eigenvalue weighted by Crippen LogP contribution is -2.49. The van der Waals surface area contributed by atoms with Gasteiger partial charge in [-0.15, -0.1) is 0 Å². The van der Waals surface area contributed by atoms with Crippen LogP contribution in [0.2, 0.25) is 0 Å². The maximum absolute atomic E-state index is 6.00. The van der Waals surface area contributed by atoms with E-state index in [1.165, 1.54) is 38.5 Å². The predicted octanol–water partition coefficient (Wildman–Crippen LogP) is 3.22. The molecule has 2 aliphatic rings. The number of hydrogen-bond acceptors (Lipinski definition) is 2. The molecule has 5 atom stereocenters. The second kappa shape index (κ2) is 6.19. The first-order valence-corrected chi connectivity index (χ1v) is 7.56. The summed E-state index contributed by atoms with van der Waals surface area (Å²) in [7, 11) is 2.13. The quantitative estimate of drug-likeness (QED) is 0.813. The molecule has 17 heavy (non-hydrogen) atoms. The minimum absolute atomic E-state index is 0.456. The minimum Gasteiger partial charge on any atom is -0.376 e. The van der Waals surface area contributed by atoms with Crippen LogP contribution in [0.1, 0.15) is 52.4 Å². The van der Waals surface area contributed by atoms with E-state index in [4.69, 9.17) is 4.74 Å². The van der Waals surface area contributed by atoms with E-state index in [0.717, 1.165) is 24.4 Å². The van der Waals surface area contributed by atoms with E-state index in [2.05, 4.69) is 26.2 Å². The number of ether oxygens (including phenoxy) is 1. The van der Waals surface area contributed by atoms with Crippen molar-refractivity contribution < 1.29 is 4.74 Å². The van der Waals surface area contributed by atoms with Gasteiger partial charge in [-0.1, -0.05) is 39.5 Å². The summed E-state index contributed by atoms with van der Waals surface area (Å²) in [6, 6.07) is 0.581. The Morgan fingerprint density at radius 3 is 2.59 bits per heavy atom. The Hall–Kier alpha value is -0.0800. The van der Waals surface area contributed by atoms with Crippen LogP contribution in [0.15, 0.2) is 0 Å². The Kier molecular flexibility index (Phi) is 4.87. The van der Waals surface area contributed by atoms with E-state index in [-0.39, 0.29) is 0 Å². The van der Waals surface area contributed by atoms with Gasteiger partial charge in [-0.25, -0.2) is 0 Å². The molecule has 1 aliphatic heterocycles. The van der Waals surface area contributed by atoms with E-state index >= 15 is 0 Å². The van der Waals surface area contributed by atoms with Gasteiger partial charge in [0.2, 0.25) is 0 Å². The zero-order valence-electron chi connectivity index (χ0n) is 11.7. The van der Waals surface area contributed by atoms with E-state index in [1.54, 1.807) is 0 Å². The topological polar surface area (TPSA) is 21.3 Å². The molecule has 100 valence electrons. The van der Waals surface area contributed by atoms with Crippen molar-refractivity contribution in [3.8, 4) is 0 Å². The molecule has 5 unspecified atom stereocenters. The lowest BCUT2D eigenvalue weighted by Gasteiger charge is -2.40. The highest BCUT2D eigenvalue weighted by Gasteiger charge is 2.39. The van der Waals surface area contributed by atoms with E-state index in [1.807, 2.05) is 0 Å². The molecule has 1 N–H and O–H groups in total. The van der Waals surface area contributed by atoms with Crippen LogP contribution in [-0.4, -0.2) is 25.8 Å². The average Bonchev–Trinajstić information content (AvgIpc) is 2.78. The smallest absolute Gasteiger partial charge is 0.0757 e. The van der Waals surface area contributed by atoms with Crippen molar-refractivity contribution in [2.45, 2.75) is 64.5 Å². The van der Waals surface area contributed by atoms with Gasteiger partial charge in [0.25, 0.3) is 0 Å². The molecular formula is C15H29NO. The third-order valence-corrected chi connectivity index (χ3v) is 5.09. The fourth-order valence-corrected chi connectivity index (χ4v) is 4.01. The first-order chi connectivity index (χ1) is 8.27. The second-order valence-corrected chi connectivity index (χ2v) is 6.03. The molecule has 2 nitrogen and oxygen atoms in total. The fraction of sp³-hybridized carbons (Fsp3) is 1.00. The Morgan fingerprint density at radius 2 is 2.00 bits per heavy atom. The van der Waals surface area contributed by atoms with Gasteiger partial charge in [0.15, 0.2) is 0 Å². The third-order valence-electron chi connectivity index (χ3n) is 5.09. The Morgan fingerprint density at radius 1 is 1.24 bits per heavy atom. The van der Waals surface area contributed by atoms with Gasteiger partial charge in [-0.3, -0.25) is 0 Å². The van der Waals surface area contributed by atoms with Crippen LogP contribution in [0.5, 0.6) is 0 Å². The van der Waals surface area contributed by atoms with Crippen molar-refractivity contribution in [2.75, 3.05) is 13.7 Å². The summed E-state index contributed by atoms with van der Waals surface area (Å²) in [6.07, 6.45) is 8.72. The minimum atomic E-state index is 0.456. The van der Waals surface area contributed by atoms with Gasteiger partial charge >= 0.3 is 0 Å². The molecule has 0 radical (unpaired) electrons. The van der Waals surface area contributed by atoms with E-state index < -0.39 is 0 Å². The largest absolute Gasteiger partial charge is 0.376 e. The molecule has 2 heteroatoms. The van der Waals surface area contributed by atoms with Crippen molar-refractivity contribution in [3.63, 3.8) is 0 Å². The van der Waals surface area contributed by atoms with Gasteiger partial charge < -0.3 is 10.1 Å². The van der Waals surface area contributed by atoms with Crippen molar-refractivity contribution in [1.29, 1.82) is 0 Å². The summed E-state index contributed by atoms with van der Waals surface area (Å²) in [5, 5.41) is 3.58. The third kappa shape index (κ3) is 2.85. The zero-order valence-corrected chi connectivity index (χ0v) is 11.7. The fourth-order valence-electron chi connectivity index (χ4n) is 4.01. The molecule has 0 spiro atoms. The normalized spacial score (nSPS) is 40.4. The SMILES string of the molecule is CCC1CCCCC1C(NC)C1OCCC1C. The second-order valence-electron chi connectivity index (χ2n) is 6.03. The zero-order chi connectivity index (χ0) is 12.3. The van der Waals surface area contributed by atoms with Crippen molar-refractivity contribution in [1.82, 2.24) is 5.32 Å². The highest BCUT2D eigenvalue weighted by atomic mass is 16.5. The summed E-state index contributed by atoms with van der Waals surface area (Å²) in [6.45, 7) is 5.67. The summed E-state index contributed by atoms with van der Waals surface area (Å²) in [5.41, 5.74) is 0. The van der Waals surface area contributed by atoms with Crippen LogP contribution in [0.4, 0.5) is 0 Å². The first kappa shape index (κ1) is 13.4. The Labute approximate surface area is 107 Å². The molecule has 0 aromatic rings. The summed E-state index contributed by atoms with van der Waals surface area (Å²) in [4.78, 5) is 0. The van der Waals surface area contributed by atoms with Crippen molar-refractivity contribution >= 4 is 0 Å². The van der Waals surface area contributed by atoms with Gasteiger partial charge in [0.05, 0.1) is 6.10 Å². The number of rotatable bonds is 4. The van der Waals surface area contributed by atoms with Crippen molar-refractivity contribution in [2.24, 2.45) is 17.8 Å². The first-order valence-electron chi connectivity index (χ1n) is 7.56. The van der Waals surface area contributed by atoms with Crippen LogP contribution < -0.4 is 5.32 Å². The van der Waals surface area contributed by atoms with Gasteiger partial charge in [0.1, 0.15) is 0 Å². The number of likely N-dealkylation sites (N-methyl/N-ethyl adjacent to an activating group) is 1. The van der Waals surface area contributed by atoms with Crippen LogP contribution in [0.3, 0.4) is 0 Å². The van der Waals surface area contributed by atoms with Crippen LogP contribution in [0.25, 0.3) is 0 Å². The molecule has 1 aliphatic carbocycles. The van der Waals surface area contributed by atoms with Gasteiger partial charge in [-0.2, -0.15) is 0 Å². The van der Waals surface area contributed by atoms with Crippen LogP contribution in [-0.2, 0) is 4.74 Å². The molecule has 0 amide bonds. The molecule has 0 bridgehead atoms. The lowest BCUT2D eigenvalue weighted by molar-refractivity contribution is 0.0206. The number of nitrogens with one attached hydrogen (secondary N) is 1. The standard InChI is InChI=1S/C15H29NO/c1-4-12-7-5-6-8-13(12)14(16-3)15-11(2)9-10-17-15/h11-16H,4-10H2,1-3H3. The highest BCUT2D eigenvalue weighted by molar-refractivity contribution is 4.92. The molecule has 0 aromatic heterocycles. The molecule has 1 saturated carbocycles. The molecule has 1 saturated heterocycles. The molecule has 1 heterocycles. The van der Waals surface area contributed by atoms with Gasteiger partial charge in [0, 0.05) is 12.6 Å². The highest BCUT2D eigenvalue weighted by Crippen LogP contribution is 2.38. The summed E-state index contributed by atoms with van der Waals surface area (Å²) >= 11 is 0. The van der Waals surface area contributed by atoms with E-state index in [0.29, 0.717) is 12.1 Å². The molecular weight excluding hydrogens is 210 g/mol. The number of hydrogen-bond donors (Lipinski definition) is 1. The maximum Gasteiger partial charge on any atom is 0.0757 e. The lowest BCUT2D eigenvalue weighted by atomic mass is 9.71.